The summed E-state index contributed by atoms with van der Waals surface area (Å²) in [5, 5.41) is 21.2. The predicted molar refractivity (Wildman–Crippen MR) is 142 cm³/mol. The van der Waals surface area contributed by atoms with Crippen LogP contribution in [0.25, 0.3) is 0 Å². The molecular formula is C30H52O2S. The highest BCUT2D eigenvalue weighted by Crippen LogP contribution is 2.68. The Hall–Kier alpha value is 0.0100. The second kappa shape index (κ2) is 10.2. The van der Waals surface area contributed by atoms with Gasteiger partial charge in [0.1, 0.15) is 0 Å². The van der Waals surface area contributed by atoms with E-state index in [-0.39, 0.29) is 17.6 Å². The van der Waals surface area contributed by atoms with Crippen molar-refractivity contribution in [2.75, 3.05) is 5.75 Å². The van der Waals surface area contributed by atoms with Crippen LogP contribution in [0.3, 0.4) is 0 Å². The first-order valence-electron chi connectivity index (χ1n) is 14.3. The van der Waals surface area contributed by atoms with Gasteiger partial charge in [-0.15, -0.1) is 0 Å². The van der Waals surface area contributed by atoms with Crippen LogP contribution >= 0.6 is 12.6 Å². The van der Waals surface area contributed by atoms with Crippen molar-refractivity contribution in [3.05, 3.63) is 11.6 Å². The van der Waals surface area contributed by atoms with E-state index in [2.05, 4.69) is 53.3 Å². The Morgan fingerprint density at radius 3 is 2.55 bits per heavy atom. The maximum atomic E-state index is 10.7. The first-order valence-corrected chi connectivity index (χ1v) is 14.9. The van der Waals surface area contributed by atoms with Crippen LogP contribution in [0.15, 0.2) is 11.6 Å². The zero-order chi connectivity index (χ0) is 24.0. The molecule has 3 fully saturated rings. The van der Waals surface area contributed by atoms with Crippen molar-refractivity contribution >= 4 is 12.6 Å². The van der Waals surface area contributed by atoms with Gasteiger partial charge in [0.05, 0.1) is 12.2 Å². The van der Waals surface area contributed by atoms with Gasteiger partial charge in [0, 0.05) is 5.75 Å². The monoisotopic (exact) mass is 476 g/mol. The largest absolute Gasteiger partial charge is 0.393 e. The molecule has 33 heavy (non-hydrogen) atoms. The molecule has 3 heteroatoms. The minimum atomic E-state index is -0.363. The van der Waals surface area contributed by atoms with Crippen molar-refractivity contribution in [1.29, 1.82) is 0 Å². The summed E-state index contributed by atoms with van der Waals surface area (Å²) in [6.07, 6.45) is 15.4. The molecular weight excluding hydrogens is 424 g/mol. The molecule has 2 unspecified atom stereocenters. The normalized spacial score (nSPS) is 44.6. The standard InChI is InChI=1S/C30H52O2S/c1-19(2)7-6-8-20(3)26-11-12-27-25-10-9-21-15-23(31)16-22(17-24(32)18-33)30(21,5)28(25)13-14-29(26,27)4/h9,19-20,22-28,31-33H,6-8,10-18H2,1-5H3/t20-,22?,23-,24?,25+,26-,27+,28+,29-,30-/m1/s1. The van der Waals surface area contributed by atoms with Gasteiger partial charge in [0.25, 0.3) is 0 Å². The average molecular weight is 477 g/mol. The summed E-state index contributed by atoms with van der Waals surface area (Å²) in [6, 6.07) is 0. The van der Waals surface area contributed by atoms with Crippen LogP contribution in [0, 0.1) is 52.3 Å². The van der Waals surface area contributed by atoms with E-state index in [4.69, 9.17) is 0 Å². The van der Waals surface area contributed by atoms with E-state index < -0.39 is 0 Å². The van der Waals surface area contributed by atoms with Crippen LogP contribution in [0.2, 0.25) is 0 Å². The average Bonchev–Trinajstić information content (AvgIpc) is 3.11. The van der Waals surface area contributed by atoms with Gasteiger partial charge in [-0.05, 0) is 104 Å². The Morgan fingerprint density at radius 2 is 1.85 bits per heavy atom. The van der Waals surface area contributed by atoms with E-state index in [9.17, 15) is 10.2 Å². The van der Waals surface area contributed by atoms with Crippen molar-refractivity contribution in [1.82, 2.24) is 0 Å². The lowest BCUT2D eigenvalue weighted by Crippen LogP contribution is -2.54. The molecule has 4 rings (SSSR count). The van der Waals surface area contributed by atoms with E-state index in [1.807, 2.05) is 0 Å². The van der Waals surface area contributed by atoms with Crippen LogP contribution in [0.5, 0.6) is 0 Å². The fourth-order valence-corrected chi connectivity index (χ4v) is 9.79. The van der Waals surface area contributed by atoms with E-state index >= 15 is 0 Å². The first-order chi connectivity index (χ1) is 15.6. The minimum Gasteiger partial charge on any atom is -0.393 e. The number of aliphatic hydroxyl groups excluding tert-OH is 2. The van der Waals surface area contributed by atoms with Gasteiger partial charge >= 0.3 is 0 Å². The Bertz CT molecular complexity index is 703. The molecule has 0 bridgehead atoms. The minimum absolute atomic E-state index is 0.147. The third-order valence-corrected chi connectivity index (χ3v) is 11.8. The molecule has 0 spiro atoms. The van der Waals surface area contributed by atoms with Crippen LogP contribution in [0.1, 0.15) is 105 Å². The Morgan fingerprint density at radius 1 is 1.09 bits per heavy atom. The lowest BCUT2D eigenvalue weighted by atomic mass is 9.44. The number of rotatable bonds is 8. The molecule has 0 radical (unpaired) electrons. The van der Waals surface area contributed by atoms with Crippen LogP contribution in [0.4, 0.5) is 0 Å². The van der Waals surface area contributed by atoms with Crippen molar-refractivity contribution in [3.8, 4) is 0 Å². The number of aliphatic hydroxyl groups is 2. The SMILES string of the molecule is CC(C)CCC[C@@H](C)[C@H]1CC[C@H]2[C@@H]3CC=C4C[C@@H](O)CC(CC(O)CS)[C@]4(C)[C@H]3CC[C@]12C. The molecule has 3 saturated carbocycles. The van der Waals surface area contributed by atoms with Crippen LogP contribution in [-0.2, 0) is 0 Å². The van der Waals surface area contributed by atoms with Gasteiger partial charge in [0.2, 0.25) is 0 Å². The highest BCUT2D eigenvalue weighted by molar-refractivity contribution is 7.80. The first kappa shape index (κ1) is 26.1. The molecule has 4 aliphatic rings. The van der Waals surface area contributed by atoms with Crippen molar-refractivity contribution in [2.45, 2.75) is 117 Å². The summed E-state index contributed by atoms with van der Waals surface area (Å²) in [5.41, 5.74) is 2.17. The van der Waals surface area contributed by atoms with Gasteiger partial charge in [-0.1, -0.05) is 65.5 Å². The molecule has 0 aromatic carbocycles. The van der Waals surface area contributed by atoms with Gasteiger partial charge in [-0.25, -0.2) is 0 Å². The van der Waals surface area contributed by atoms with E-state index in [1.54, 1.807) is 0 Å². The third kappa shape index (κ3) is 4.74. The lowest BCUT2D eigenvalue weighted by Gasteiger charge is -2.61. The Balaban J connectivity index is 1.54. The maximum absolute atomic E-state index is 10.7. The molecule has 2 nitrogen and oxygen atoms in total. The van der Waals surface area contributed by atoms with Gasteiger partial charge in [0.15, 0.2) is 0 Å². The zero-order valence-electron chi connectivity index (χ0n) is 22.1. The van der Waals surface area contributed by atoms with Crippen molar-refractivity contribution < 1.29 is 10.2 Å². The van der Waals surface area contributed by atoms with E-state index in [1.165, 1.54) is 56.9 Å². The molecule has 0 heterocycles. The summed E-state index contributed by atoms with van der Waals surface area (Å²) in [7, 11) is 0. The fourth-order valence-electron chi connectivity index (χ4n) is 9.64. The molecule has 0 aliphatic heterocycles. The molecule has 10 atom stereocenters. The maximum Gasteiger partial charge on any atom is 0.0631 e. The lowest BCUT2D eigenvalue weighted by molar-refractivity contribution is -0.0857. The number of thiol groups is 1. The third-order valence-electron chi connectivity index (χ3n) is 11.4. The number of hydrogen-bond acceptors (Lipinski definition) is 3. The van der Waals surface area contributed by atoms with Gasteiger partial charge in [-0.3, -0.25) is 0 Å². The zero-order valence-corrected chi connectivity index (χ0v) is 23.0. The van der Waals surface area contributed by atoms with Gasteiger partial charge < -0.3 is 10.2 Å². The Kier molecular flexibility index (Phi) is 8.04. The molecule has 190 valence electrons. The quantitative estimate of drug-likeness (QED) is 0.254. The highest BCUT2D eigenvalue weighted by Gasteiger charge is 2.60. The molecule has 0 amide bonds. The molecule has 0 saturated heterocycles. The predicted octanol–water partition coefficient (Wildman–Crippen LogP) is 7.30. The summed E-state index contributed by atoms with van der Waals surface area (Å²) in [4.78, 5) is 0. The number of fused-ring (bicyclic) bond motifs is 5. The topological polar surface area (TPSA) is 40.5 Å². The summed E-state index contributed by atoms with van der Waals surface area (Å²) in [6.45, 7) is 12.5. The number of allylic oxidation sites excluding steroid dienone is 1. The number of hydrogen-bond donors (Lipinski definition) is 3. The second-order valence-electron chi connectivity index (χ2n) is 13.5. The summed E-state index contributed by atoms with van der Waals surface area (Å²) >= 11 is 4.37. The smallest absolute Gasteiger partial charge is 0.0631 e. The van der Waals surface area contributed by atoms with Crippen LogP contribution < -0.4 is 0 Å². The van der Waals surface area contributed by atoms with E-state index in [0.29, 0.717) is 17.1 Å². The summed E-state index contributed by atoms with van der Waals surface area (Å²) < 4.78 is 0. The Labute approximate surface area is 209 Å². The van der Waals surface area contributed by atoms with E-state index in [0.717, 1.165) is 54.8 Å². The van der Waals surface area contributed by atoms with Gasteiger partial charge in [-0.2, -0.15) is 12.6 Å². The summed E-state index contributed by atoms with van der Waals surface area (Å²) in [5.74, 6) is 5.82. The highest BCUT2D eigenvalue weighted by atomic mass is 32.1. The fraction of sp³-hybridized carbons (Fsp3) is 0.933. The molecule has 0 aromatic heterocycles. The second-order valence-corrected chi connectivity index (χ2v) is 13.9. The van der Waals surface area contributed by atoms with Crippen molar-refractivity contribution in [3.63, 3.8) is 0 Å². The molecule has 2 N–H and O–H groups in total. The molecule has 4 aliphatic carbocycles. The van der Waals surface area contributed by atoms with Crippen molar-refractivity contribution in [2.24, 2.45) is 52.3 Å². The molecule has 0 aromatic rings. The van der Waals surface area contributed by atoms with Crippen LogP contribution in [-0.4, -0.2) is 28.2 Å².